The maximum absolute atomic E-state index is 14.2. The summed E-state index contributed by atoms with van der Waals surface area (Å²) in [4.78, 5) is 75.6. The number of guanidine groups is 3. The van der Waals surface area contributed by atoms with Crippen LogP contribution in [-0.2, 0) is 64.5 Å². The normalized spacial score (nSPS) is 29.3. The van der Waals surface area contributed by atoms with E-state index in [0.29, 0.717) is 22.9 Å². The molecule has 18 nitrogen and oxygen atoms in total. The van der Waals surface area contributed by atoms with Crippen LogP contribution in [0.15, 0.2) is 125 Å². The number of aryl methyl sites for hydroxylation is 2. The molecule has 0 radical (unpaired) electrons. The molecule has 504 valence electrons. The van der Waals surface area contributed by atoms with E-state index in [2.05, 4.69) is 81.7 Å². The zero-order valence-corrected chi connectivity index (χ0v) is 58.3. The lowest BCUT2D eigenvalue weighted by Gasteiger charge is -2.45. The molecule has 0 bridgehead atoms. The number of aliphatic imine (C=N–C) groups is 3. The first-order chi connectivity index (χ1) is 45.9. The number of amides is 3. The molecule has 3 atom stereocenters. The van der Waals surface area contributed by atoms with Crippen LogP contribution < -0.4 is 17.2 Å². The van der Waals surface area contributed by atoms with Crippen molar-refractivity contribution in [1.82, 2.24) is 29.7 Å². The van der Waals surface area contributed by atoms with Gasteiger partial charge in [-0.3, -0.25) is 44.0 Å². The van der Waals surface area contributed by atoms with E-state index < -0.39 is 16.6 Å². The summed E-state index contributed by atoms with van der Waals surface area (Å²) >= 11 is 6.20. The van der Waals surface area contributed by atoms with E-state index in [1.165, 1.54) is 16.7 Å². The van der Waals surface area contributed by atoms with Gasteiger partial charge in [-0.1, -0.05) is 48.0 Å². The molecule has 19 heteroatoms. The summed E-state index contributed by atoms with van der Waals surface area (Å²) in [6, 6.07) is 25.4. The number of rotatable bonds is 9. The number of hydrogen-bond acceptors (Lipinski definition) is 15. The number of benzene rings is 3. The minimum absolute atomic E-state index is 0.000913. The zero-order valence-electron chi connectivity index (χ0n) is 57.5. The number of carbonyl (C=O) groups is 3. The minimum Gasteiger partial charge on any atom is -0.381 e. The zero-order chi connectivity index (χ0) is 68.0. The predicted octanol–water partition coefficient (Wildman–Crippen LogP) is 12.2. The molecule has 3 fully saturated rings. The lowest BCUT2D eigenvalue weighted by Crippen LogP contribution is -2.53. The largest absolute Gasteiger partial charge is 0.381 e. The molecule has 6 N–H and O–H groups in total. The summed E-state index contributed by atoms with van der Waals surface area (Å²) in [5.41, 5.74) is 30.4. The first kappa shape index (κ1) is 66.7. The van der Waals surface area contributed by atoms with Crippen molar-refractivity contribution in [2.75, 3.05) is 21.3 Å². The Morgan fingerprint density at radius 3 is 0.948 bits per heavy atom. The number of halogens is 1. The molecule has 96 heavy (non-hydrogen) atoms. The molecule has 6 aromatic rings. The molecule has 3 aliphatic heterocycles. The van der Waals surface area contributed by atoms with E-state index in [9.17, 15) is 14.4 Å². The van der Waals surface area contributed by atoms with Crippen molar-refractivity contribution < 1.29 is 28.6 Å². The van der Waals surface area contributed by atoms with Gasteiger partial charge in [0.25, 0.3) is 17.7 Å². The van der Waals surface area contributed by atoms with E-state index in [-0.39, 0.29) is 70.4 Å². The van der Waals surface area contributed by atoms with E-state index in [1.807, 2.05) is 86.2 Å². The molecule has 6 aliphatic carbocycles. The smallest absolute Gasteiger partial charge is 0.262 e. The van der Waals surface area contributed by atoms with Crippen molar-refractivity contribution >= 4 is 47.2 Å². The first-order valence-electron chi connectivity index (χ1n) is 34.4. The van der Waals surface area contributed by atoms with E-state index in [0.717, 1.165) is 158 Å². The van der Waals surface area contributed by atoms with Crippen LogP contribution in [-0.4, -0.2) is 123 Å². The highest BCUT2D eigenvalue weighted by Gasteiger charge is 2.70. The van der Waals surface area contributed by atoms with Crippen LogP contribution in [0.2, 0.25) is 5.02 Å². The van der Waals surface area contributed by atoms with Gasteiger partial charge >= 0.3 is 0 Å². The summed E-state index contributed by atoms with van der Waals surface area (Å²) in [5, 5.41) is 0.581. The summed E-state index contributed by atoms with van der Waals surface area (Å²) in [6.07, 6.45) is 25.0. The van der Waals surface area contributed by atoms with Crippen LogP contribution in [0.1, 0.15) is 163 Å². The molecule has 9 aliphatic rings. The van der Waals surface area contributed by atoms with Crippen LogP contribution >= 0.6 is 11.6 Å². The Balaban J connectivity index is 0.000000130. The van der Waals surface area contributed by atoms with Crippen LogP contribution in [0, 0.1) is 30.1 Å². The van der Waals surface area contributed by atoms with E-state index in [4.69, 9.17) is 58.0 Å². The van der Waals surface area contributed by atoms with Gasteiger partial charge in [0.1, 0.15) is 0 Å². The standard InChI is InChI=1S/2C26H32N4O2.C25H29ClN4O2/c2*1-16(2)30-23(31)26(29-24(30)27)22-12-18(20-11-17(3)14-28-15-20)5-6-19(22)13-25(26)9-7-21(32-4)8-10-25;1-15(2)30-22(31)25(29-23(30)27)21-11-16(18-10-19(26)14-28-13-18)4-5-17(21)12-24(25)8-6-20(32-3)7-9-24/h2*5-6,11-12,14-16,21H,7-10,13H2,1-4H3,(H2,27,29);4-5,10-11,13-15,20H,6-9,12H2,1-3H3,(H2,27,29)/t2*21?,25?,26-;/m10./s1. The monoisotopic (exact) mass is 1320 g/mol. The van der Waals surface area contributed by atoms with Gasteiger partial charge in [0, 0.05) is 110 Å². The molecular weight excluding hydrogens is 1220 g/mol. The molecule has 6 heterocycles. The van der Waals surface area contributed by atoms with Gasteiger partial charge in [-0.25, -0.2) is 15.0 Å². The molecule has 3 amide bonds. The molecule has 3 saturated carbocycles. The second-order valence-electron chi connectivity index (χ2n) is 29.5. The minimum atomic E-state index is -0.989. The highest BCUT2D eigenvalue weighted by atomic mass is 35.5. The second-order valence-corrected chi connectivity index (χ2v) is 30.0. The SMILES string of the molecule is COC1CCC2(CC1)Cc1ccc(-c3cncc(C)c3)cc1[C@@]21N=C(N)N(C(C)C)C1=O.COC1CCC2(CC1)Cc1ccc(-c3cncc(C)c3)cc1[C@]21N=C(N)N(C(C)C)C1=O.COC1CCC2(CC1)Cc1ccc(-c3cncc(Cl)c3)cc1C21N=C(N)N(C(C)C)C1=O. The van der Waals surface area contributed by atoms with Gasteiger partial charge in [-0.05, 0) is 249 Å². The van der Waals surface area contributed by atoms with Crippen molar-refractivity contribution in [3.63, 3.8) is 0 Å². The van der Waals surface area contributed by atoms with Gasteiger partial charge in [0.2, 0.25) is 0 Å². The molecule has 3 aromatic heterocycles. The van der Waals surface area contributed by atoms with Gasteiger partial charge in [0.15, 0.2) is 34.5 Å². The van der Waals surface area contributed by atoms with Crippen molar-refractivity contribution in [3.05, 3.63) is 160 Å². The fourth-order valence-corrected chi connectivity index (χ4v) is 18.7. The Hall–Kier alpha value is -7.90. The predicted molar refractivity (Wildman–Crippen MR) is 376 cm³/mol. The fraction of sp³-hybridized carbons (Fsp3) is 0.494. The van der Waals surface area contributed by atoms with Crippen molar-refractivity contribution in [1.29, 1.82) is 0 Å². The number of aromatic nitrogens is 3. The molecular formula is C77H93ClN12O6. The Bertz CT molecular complexity index is 3730. The average Bonchev–Trinajstić information content (AvgIpc) is 1.54. The third-order valence-electron chi connectivity index (χ3n) is 23.2. The van der Waals surface area contributed by atoms with Crippen molar-refractivity contribution in [3.8, 4) is 33.4 Å². The topological polar surface area (TPSA) is 242 Å². The maximum Gasteiger partial charge on any atom is 0.262 e. The number of pyridine rings is 3. The highest BCUT2D eigenvalue weighted by Crippen LogP contribution is 2.66. The van der Waals surface area contributed by atoms with Crippen LogP contribution in [0.25, 0.3) is 33.4 Å². The summed E-state index contributed by atoms with van der Waals surface area (Å²) < 4.78 is 17.0. The Morgan fingerprint density at radius 2 is 0.698 bits per heavy atom. The van der Waals surface area contributed by atoms with Crippen molar-refractivity contribution in [2.24, 2.45) is 48.4 Å². The molecule has 1 unspecified atom stereocenters. The Labute approximate surface area is 570 Å². The Morgan fingerprint density at radius 1 is 0.417 bits per heavy atom. The number of carbonyl (C=O) groups excluding carboxylic acids is 3. The van der Waals surface area contributed by atoms with Gasteiger partial charge in [-0.15, -0.1) is 0 Å². The van der Waals surface area contributed by atoms with Gasteiger partial charge in [-0.2, -0.15) is 0 Å². The summed E-state index contributed by atoms with van der Waals surface area (Å²) in [5.74, 6) is 1.06. The molecule has 15 rings (SSSR count). The maximum atomic E-state index is 14.2. The third-order valence-corrected chi connectivity index (χ3v) is 23.4. The van der Waals surface area contributed by atoms with E-state index in [1.54, 1.807) is 48.4 Å². The number of methoxy groups -OCH3 is 3. The van der Waals surface area contributed by atoms with E-state index >= 15 is 0 Å². The number of nitrogens with two attached hydrogens (primary N) is 3. The first-order valence-corrected chi connectivity index (χ1v) is 34.8. The van der Waals surface area contributed by atoms with Crippen LogP contribution in [0.5, 0.6) is 0 Å². The number of fused-ring (bicyclic) bond motifs is 9. The summed E-state index contributed by atoms with van der Waals surface area (Å²) in [6.45, 7) is 16.0. The lowest BCUT2D eigenvalue weighted by atomic mass is 9.61. The number of nitrogens with zero attached hydrogens (tertiary/aromatic N) is 9. The second kappa shape index (κ2) is 25.2. The third kappa shape index (κ3) is 10.5. The molecule has 0 saturated heterocycles. The fourth-order valence-electron chi connectivity index (χ4n) is 18.5. The number of ether oxygens (including phenoxy) is 3. The average molecular weight is 1320 g/mol. The summed E-state index contributed by atoms with van der Waals surface area (Å²) in [7, 11) is 5.33. The highest BCUT2D eigenvalue weighted by molar-refractivity contribution is 6.30. The Kier molecular flexibility index (Phi) is 17.5. The van der Waals surface area contributed by atoms with Gasteiger partial charge < -0.3 is 31.4 Å². The molecule has 6 spiro atoms. The van der Waals surface area contributed by atoms with Crippen LogP contribution in [0.4, 0.5) is 0 Å². The number of hydrogen-bond donors (Lipinski definition) is 3. The van der Waals surface area contributed by atoms with Crippen molar-refractivity contribution in [2.45, 2.75) is 205 Å². The quantitative estimate of drug-likeness (QED) is 0.122. The van der Waals surface area contributed by atoms with Crippen LogP contribution in [0.3, 0.4) is 0 Å². The van der Waals surface area contributed by atoms with Gasteiger partial charge in [0.05, 0.1) is 23.3 Å². The lowest BCUT2D eigenvalue weighted by molar-refractivity contribution is -0.140. The molecule has 3 aromatic carbocycles.